The largest absolute Gasteiger partial charge is 0.381 e. The number of anilines is 2. The fourth-order valence-electron chi connectivity index (χ4n) is 2.60. The number of benzene rings is 1. The normalized spacial score (nSPS) is 16.8. The third-order valence-electron chi connectivity index (χ3n) is 4.07. The van der Waals surface area contributed by atoms with Gasteiger partial charge in [-0.3, -0.25) is 4.79 Å². The van der Waals surface area contributed by atoms with Gasteiger partial charge in [0.25, 0.3) is 5.91 Å². The molecule has 0 spiro atoms. The highest BCUT2D eigenvalue weighted by Crippen LogP contribution is 2.23. The summed E-state index contributed by atoms with van der Waals surface area (Å²) in [7, 11) is 0. The quantitative estimate of drug-likeness (QED) is 0.863. The van der Waals surface area contributed by atoms with Crippen LogP contribution >= 0.6 is 11.6 Å². The van der Waals surface area contributed by atoms with Gasteiger partial charge in [-0.1, -0.05) is 17.7 Å². The summed E-state index contributed by atoms with van der Waals surface area (Å²) in [5.74, 6) is -0.258. The molecule has 1 fully saturated rings. The molecule has 5 nitrogen and oxygen atoms in total. The molecule has 1 aromatic heterocycles. The molecular weight excluding hydrogens is 326 g/mol. The highest BCUT2D eigenvalue weighted by molar-refractivity contribution is 6.31. The smallest absolute Gasteiger partial charge is 0.274 e. The Kier molecular flexibility index (Phi) is 5.33. The Morgan fingerprint density at radius 3 is 2.96 bits per heavy atom. The van der Waals surface area contributed by atoms with Crippen LogP contribution in [0.5, 0.6) is 0 Å². The summed E-state index contributed by atoms with van der Waals surface area (Å²) in [6, 6.07) is 8.96. The SMILES string of the molecule is Cc1c(Cl)cccc1NC(=O)c1ccc(NCC2CCCO2)cn1. The third kappa shape index (κ3) is 4.04. The molecule has 3 rings (SSSR count). The molecule has 1 amide bonds. The lowest BCUT2D eigenvalue weighted by molar-refractivity contribution is 0.102. The van der Waals surface area contributed by atoms with Crippen molar-refractivity contribution in [2.75, 3.05) is 23.8 Å². The summed E-state index contributed by atoms with van der Waals surface area (Å²) in [4.78, 5) is 16.5. The topological polar surface area (TPSA) is 63.2 Å². The fraction of sp³-hybridized carbons (Fsp3) is 0.333. The molecule has 1 aliphatic heterocycles. The van der Waals surface area contributed by atoms with Crippen molar-refractivity contribution in [3.05, 3.63) is 52.8 Å². The van der Waals surface area contributed by atoms with Crippen LogP contribution in [0, 0.1) is 6.92 Å². The number of nitrogens with zero attached hydrogens (tertiary/aromatic N) is 1. The number of hydrogen-bond donors (Lipinski definition) is 2. The summed E-state index contributed by atoms with van der Waals surface area (Å²) in [5.41, 5.74) is 2.76. The van der Waals surface area contributed by atoms with E-state index in [1.807, 2.05) is 19.1 Å². The highest BCUT2D eigenvalue weighted by atomic mass is 35.5. The Hall–Kier alpha value is -2.11. The molecule has 0 saturated carbocycles. The van der Waals surface area contributed by atoms with Crippen LogP contribution in [0.4, 0.5) is 11.4 Å². The minimum absolute atomic E-state index is 0.258. The molecule has 0 aliphatic carbocycles. The van der Waals surface area contributed by atoms with Gasteiger partial charge in [-0.2, -0.15) is 0 Å². The molecule has 2 aromatic rings. The minimum atomic E-state index is -0.258. The molecule has 2 N–H and O–H groups in total. The molecular formula is C18H20ClN3O2. The average Bonchev–Trinajstić information content (AvgIpc) is 3.11. The van der Waals surface area contributed by atoms with Crippen LogP contribution in [-0.4, -0.2) is 30.1 Å². The van der Waals surface area contributed by atoms with Crippen LogP contribution in [0.15, 0.2) is 36.5 Å². The minimum Gasteiger partial charge on any atom is -0.381 e. The first-order valence-corrected chi connectivity index (χ1v) is 8.39. The van der Waals surface area contributed by atoms with Crippen LogP contribution in [0.2, 0.25) is 5.02 Å². The van der Waals surface area contributed by atoms with Gasteiger partial charge in [0.05, 0.1) is 18.0 Å². The van der Waals surface area contributed by atoms with Gasteiger partial charge < -0.3 is 15.4 Å². The average molecular weight is 346 g/mol. The van der Waals surface area contributed by atoms with E-state index >= 15 is 0 Å². The summed E-state index contributed by atoms with van der Waals surface area (Å²) in [6.45, 7) is 3.46. The molecule has 2 heterocycles. The first kappa shape index (κ1) is 16.7. The molecule has 6 heteroatoms. The molecule has 1 atom stereocenters. The molecule has 24 heavy (non-hydrogen) atoms. The number of carbonyl (C=O) groups excluding carboxylic acids is 1. The van der Waals surface area contributed by atoms with Crippen molar-refractivity contribution in [3.63, 3.8) is 0 Å². The van der Waals surface area contributed by atoms with Crippen LogP contribution in [-0.2, 0) is 4.74 Å². The molecule has 0 bridgehead atoms. The molecule has 1 unspecified atom stereocenters. The lowest BCUT2D eigenvalue weighted by Gasteiger charge is -2.12. The van der Waals surface area contributed by atoms with Crippen molar-refractivity contribution in [1.29, 1.82) is 0 Å². The van der Waals surface area contributed by atoms with Crippen molar-refractivity contribution >= 4 is 28.9 Å². The summed E-state index contributed by atoms with van der Waals surface area (Å²) >= 11 is 6.07. The van der Waals surface area contributed by atoms with Crippen molar-refractivity contribution < 1.29 is 9.53 Å². The molecule has 1 saturated heterocycles. The lowest BCUT2D eigenvalue weighted by atomic mass is 10.2. The zero-order valence-corrected chi connectivity index (χ0v) is 14.3. The Balaban J connectivity index is 1.60. The predicted molar refractivity (Wildman–Crippen MR) is 95.8 cm³/mol. The zero-order valence-electron chi connectivity index (χ0n) is 13.5. The van der Waals surface area contributed by atoms with Crippen LogP contribution in [0.3, 0.4) is 0 Å². The number of aromatic nitrogens is 1. The highest BCUT2D eigenvalue weighted by Gasteiger charge is 2.15. The summed E-state index contributed by atoms with van der Waals surface area (Å²) in [5, 5.41) is 6.74. The summed E-state index contributed by atoms with van der Waals surface area (Å²) in [6.07, 6.45) is 4.13. The van der Waals surface area contributed by atoms with E-state index in [1.165, 1.54) is 0 Å². The van der Waals surface area contributed by atoms with E-state index < -0.39 is 0 Å². The first-order valence-electron chi connectivity index (χ1n) is 8.01. The Bertz CT molecular complexity index is 713. The number of carbonyl (C=O) groups is 1. The van der Waals surface area contributed by atoms with Gasteiger partial charge in [0.15, 0.2) is 0 Å². The number of nitrogens with one attached hydrogen (secondary N) is 2. The Morgan fingerprint density at radius 1 is 1.38 bits per heavy atom. The van der Waals surface area contributed by atoms with Crippen LogP contribution in [0.25, 0.3) is 0 Å². The molecule has 1 aliphatic rings. The fourth-order valence-corrected chi connectivity index (χ4v) is 2.77. The second-order valence-corrected chi connectivity index (χ2v) is 6.22. The number of hydrogen-bond acceptors (Lipinski definition) is 4. The van der Waals surface area contributed by atoms with Gasteiger partial charge in [-0.25, -0.2) is 4.98 Å². The molecule has 126 valence electrons. The van der Waals surface area contributed by atoms with Gasteiger partial charge in [0.2, 0.25) is 0 Å². The van der Waals surface area contributed by atoms with Crippen molar-refractivity contribution in [3.8, 4) is 0 Å². The second kappa shape index (κ2) is 7.64. The summed E-state index contributed by atoms with van der Waals surface area (Å²) < 4.78 is 5.57. The monoisotopic (exact) mass is 345 g/mol. The van der Waals surface area contributed by atoms with E-state index in [9.17, 15) is 4.79 Å². The maximum Gasteiger partial charge on any atom is 0.274 e. The number of pyridine rings is 1. The maximum atomic E-state index is 12.3. The maximum absolute atomic E-state index is 12.3. The van der Waals surface area contributed by atoms with E-state index in [2.05, 4.69) is 15.6 Å². The molecule has 0 radical (unpaired) electrons. The van der Waals surface area contributed by atoms with E-state index in [4.69, 9.17) is 16.3 Å². The first-order chi connectivity index (χ1) is 11.6. The van der Waals surface area contributed by atoms with Crippen molar-refractivity contribution in [1.82, 2.24) is 4.98 Å². The van der Waals surface area contributed by atoms with Crippen LogP contribution in [0.1, 0.15) is 28.9 Å². The standard InChI is InChI=1S/C18H20ClN3O2/c1-12-15(19)5-2-6-16(12)22-18(23)17-8-7-13(10-21-17)20-11-14-4-3-9-24-14/h2,5-8,10,14,20H,3-4,9,11H2,1H3,(H,22,23). The van der Waals surface area contributed by atoms with Crippen molar-refractivity contribution in [2.45, 2.75) is 25.9 Å². The van der Waals surface area contributed by atoms with E-state index in [-0.39, 0.29) is 12.0 Å². The van der Waals surface area contributed by atoms with Crippen LogP contribution < -0.4 is 10.6 Å². The van der Waals surface area contributed by atoms with Crippen molar-refractivity contribution in [2.24, 2.45) is 0 Å². The Morgan fingerprint density at radius 2 is 2.25 bits per heavy atom. The van der Waals surface area contributed by atoms with E-state index in [0.717, 1.165) is 37.2 Å². The number of ether oxygens (including phenoxy) is 1. The third-order valence-corrected chi connectivity index (χ3v) is 4.48. The van der Waals surface area contributed by atoms with E-state index in [0.29, 0.717) is 16.4 Å². The van der Waals surface area contributed by atoms with Gasteiger partial charge >= 0.3 is 0 Å². The zero-order chi connectivity index (χ0) is 16.9. The lowest BCUT2D eigenvalue weighted by Crippen LogP contribution is -2.19. The number of amides is 1. The van der Waals surface area contributed by atoms with Gasteiger partial charge in [-0.15, -0.1) is 0 Å². The number of rotatable bonds is 5. The number of halogens is 1. The predicted octanol–water partition coefficient (Wildman–Crippen LogP) is 3.89. The van der Waals surface area contributed by atoms with Gasteiger partial charge in [-0.05, 0) is 49.6 Å². The molecule has 1 aromatic carbocycles. The van der Waals surface area contributed by atoms with Gasteiger partial charge in [0, 0.05) is 23.9 Å². The second-order valence-electron chi connectivity index (χ2n) is 5.81. The Labute approximate surface area is 146 Å². The van der Waals surface area contributed by atoms with E-state index in [1.54, 1.807) is 24.4 Å². The van der Waals surface area contributed by atoms with Gasteiger partial charge in [0.1, 0.15) is 5.69 Å².